The number of carbonyl (C=O) groups is 1. The van der Waals surface area contributed by atoms with Gasteiger partial charge in [0.1, 0.15) is 0 Å². The number of carbonyl (C=O) groups excluding carboxylic acids is 1. The molecule has 0 bridgehead atoms. The molecule has 36 valence electrons. The van der Waals surface area contributed by atoms with Gasteiger partial charge < -0.3 is 9.90 Å². The smallest absolute Gasteiger partial charge is 0.550 e. The Balaban J connectivity index is 0. The molecule has 0 unspecified atom stereocenters. The second-order valence-electron chi connectivity index (χ2n) is 1.12. The van der Waals surface area contributed by atoms with Crippen LogP contribution in [0.15, 0.2) is 0 Å². The van der Waals surface area contributed by atoms with E-state index in [4.69, 9.17) is 0 Å². The molecule has 0 aliphatic heterocycles. The van der Waals surface area contributed by atoms with Gasteiger partial charge >= 0.3 is 19.5 Å². The van der Waals surface area contributed by atoms with E-state index in [1.807, 2.05) is 0 Å². The molecule has 0 amide bonds. The molecular weight excluding hydrogens is 145 g/mol. The SMILES string of the molecule is CCCC(=O)[O-].[Zn+2]. The molecule has 0 N–H and O–H groups in total. The maximum atomic E-state index is 9.49. The fourth-order valence-electron chi connectivity index (χ4n) is 0.204. The molecule has 7 heavy (non-hydrogen) atoms. The molecule has 2 nitrogen and oxygen atoms in total. The van der Waals surface area contributed by atoms with Crippen LogP contribution in [-0.4, -0.2) is 5.97 Å². The zero-order valence-electron chi connectivity index (χ0n) is 4.44. The average Bonchev–Trinajstić information content (AvgIpc) is 1.35. The molecule has 0 saturated carbocycles. The molecule has 0 radical (unpaired) electrons. The molecule has 0 aliphatic rings. The summed E-state index contributed by atoms with van der Waals surface area (Å²) in [5, 5.41) is 9.49. The summed E-state index contributed by atoms with van der Waals surface area (Å²) in [5.41, 5.74) is 0. The van der Waals surface area contributed by atoms with Crippen molar-refractivity contribution in [2.24, 2.45) is 0 Å². The molecule has 0 aromatic rings. The van der Waals surface area contributed by atoms with Crippen LogP contribution in [0, 0.1) is 0 Å². The van der Waals surface area contributed by atoms with Gasteiger partial charge in [-0.15, -0.1) is 0 Å². The summed E-state index contributed by atoms with van der Waals surface area (Å²) in [6.07, 6.45) is 0.850. The Morgan fingerprint density at radius 3 is 2.14 bits per heavy atom. The maximum absolute atomic E-state index is 9.49. The molecule has 0 aromatic carbocycles. The van der Waals surface area contributed by atoms with Crippen LogP contribution in [0.25, 0.3) is 0 Å². The van der Waals surface area contributed by atoms with Gasteiger partial charge in [0, 0.05) is 5.97 Å². The predicted molar refractivity (Wildman–Crippen MR) is 19.9 cm³/mol. The van der Waals surface area contributed by atoms with Crippen molar-refractivity contribution in [3.8, 4) is 0 Å². The van der Waals surface area contributed by atoms with E-state index < -0.39 is 5.97 Å². The number of rotatable bonds is 2. The van der Waals surface area contributed by atoms with Gasteiger partial charge in [0.2, 0.25) is 0 Å². The average molecular weight is 152 g/mol. The van der Waals surface area contributed by atoms with E-state index in [9.17, 15) is 9.90 Å². The molecule has 0 saturated heterocycles. The second kappa shape index (κ2) is 6.09. The third-order valence-corrected chi connectivity index (χ3v) is 0.454. The van der Waals surface area contributed by atoms with Crippen LogP contribution in [0.5, 0.6) is 0 Å². The van der Waals surface area contributed by atoms with Crippen molar-refractivity contribution in [3.05, 3.63) is 0 Å². The van der Waals surface area contributed by atoms with Gasteiger partial charge in [-0.05, 0) is 6.42 Å². The van der Waals surface area contributed by atoms with Crippen molar-refractivity contribution in [2.75, 3.05) is 0 Å². The van der Waals surface area contributed by atoms with Gasteiger partial charge in [-0.25, -0.2) is 0 Å². The topological polar surface area (TPSA) is 40.1 Å². The number of hydrogen-bond acceptors (Lipinski definition) is 2. The first-order chi connectivity index (χ1) is 2.77. The summed E-state index contributed by atoms with van der Waals surface area (Å²) in [6, 6.07) is 0. The number of hydrogen-bond donors (Lipinski definition) is 0. The molecule has 0 fully saturated rings. The van der Waals surface area contributed by atoms with Crippen LogP contribution in [0.1, 0.15) is 19.8 Å². The molecule has 0 aromatic heterocycles. The Bertz CT molecular complexity index is 53.7. The van der Waals surface area contributed by atoms with Crippen LogP contribution in [0.2, 0.25) is 0 Å². The first-order valence-electron chi connectivity index (χ1n) is 1.97. The Labute approximate surface area is 55.7 Å². The molecule has 0 heterocycles. The summed E-state index contributed by atoms with van der Waals surface area (Å²) in [5.74, 6) is -0.961. The molecule has 3 heteroatoms. The number of carboxylic acids is 1. The molecule has 0 aliphatic carbocycles. The van der Waals surface area contributed by atoms with E-state index in [2.05, 4.69) is 0 Å². The fourth-order valence-corrected chi connectivity index (χ4v) is 0.204. The zero-order valence-corrected chi connectivity index (χ0v) is 7.40. The van der Waals surface area contributed by atoms with Crippen molar-refractivity contribution in [1.82, 2.24) is 0 Å². The minimum atomic E-state index is -0.961. The van der Waals surface area contributed by atoms with Crippen molar-refractivity contribution >= 4 is 5.97 Å². The second-order valence-corrected chi connectivity index (χ2v) is 1.12. The van der Waals surface area contributed by atoms with Gasteiger partial charge in [-0.3, -0.25) is 0 Å². The van der Waals surface area contributed by atoms with Crippen LogP contribution >= 0.6 is 0 Å². The Morgan fingerprint density at radius 2 is 2.14 bits per heavy atom. The van der Waals surface area contributed by atoms with Crippen molar-refractivity contribution < 1.29 is 29.4 Å². The molecule has 0 atom stereocenters. The standard InChI is InChI=1S/C4H8O2.Zn/c1-2-3-4(5)6;/h2-3H2,1H3,(H,5,6);/q;+2/p-1. The molecular formula is C4H7O2Zn+. The zero-order chi connectivity index (χ0) is 4.99. The summed E-state index contributed by atoms with van der Waals surface area (Å²) in [6.45, 7) is 1.80. The van der Waals surface area contributed by atoms with Gasteiger partial charge in [0.25, 0.3) is 0 Å². The summed E-state index contributed by atoms with van der Waals surface area (Å²) in [7, 11) is 0. The van der Waals surface area contributed by atoms with Crippen molar-refractivity contribution in [3.63, 3.8) is 0 Å². The summed E-state index contributed by atoms with van der Waals surface area (Å²) >= 11 is 0. The molecule has 0 rings (SSSR count). The number of carboxylic acid groups (broad SMARTS) is 1. The minimum Gasteiger partial charge on any atom is -0.550 e. The summed E-state index contributed by atoms with van der Waals surface area (Å²) < 4.78 is 0. The van der Waals surface area contributed by atoms with Gasteiger partial charge in [-0.2, -0.15) is 0 Å². The third kappa shape index (κ3) is 10.7. The monoisotopic (exact) mass is 151 g/mol. The normalized spacial score (nSPS) is 7.00. The first-order valence-corrected chi connectivity index (χ1v) is 1.97. The van der Waals surface area contributed by atoms with Crippen molar-refractivity contribution in [1.29, 1.82) is 0 Å². The predicted octanol–water partition coefficient (Wildman–Crippen LogP) is -0.466. The third-order valence-electron chi connectivity index (χ3n) is 0.454. The van der Waals surface area contributed by atoms with E-state index in [1.54, 1.807) is 6.92 Å². The van der Waals surface area contributed by atoms with E-state index in [-0.39, 0.29) is 25.9 Å². The van der Waals surface area contributed by atoms with Gasteiger partial charge in [0.05, 0.1) is 0 Å². The van der Waals surface area contributed by atoms with Crippen LogP contribution in [0.3, 0.4) is 0 Å². The van der Waals surface area contributed by atoms with Gasteiger partial charge in [-0.1, -0.05) is 13.3 Å². The minimum absolute atomic E-state index is 0. The Hall–Kier alpha value is 0.0934. The van der Waals surface area contributed by atoms with Crippen LogP contribution < -0.4 is 5.11 Å². The van der Waals surface area contributed by atoms with E-state index >= 15 is 0 Å². The summed E-state index contributed by atoms with van der Waals surface area (Å²) in [4.78, 5) is 9.49. The van der Waals surface area contributed by atoms with Crippen LogP contribution in [0.4, 0.5) is 0 Å². The van der Waals surface area contributed by atoms with Crippen molar-refractivity contribution in [2.45, 2.75) is 19.8 Å². The van der Waals surface area contributed by atoms with E-state index in [0.29, 0.717) is 6.42 Å². The van der Waals surface area contributed by atoms with Crippen LogP contribution in [-0.2, 0) is 24.3 Å². The Morgan fingerprint density at radius 1 is 1.71 bits per heavy atom. The quantitative estimate of drug-likeness (QED) is 0.502. The van der Waals surface area contributed by atoms with E-state index in [1.165, 1.54) is 0 Å². The number of aliphatic carboxylic acids is 1. The first kappa shape index (κ1) is 10.2. The maximum Gasteiger partial charge on any atom is 2.00 e. The largest absolute Gasteiger partial charge is 2.00 e. The molecule has 0 spiro atoms. The fraction of sp³-hybridized carbons (Fsp3) is 0.750. The van der Waals surface area contributed by atoms with E-state index in [0.717, 1.165) is 0 Å². The Kier molecular flexibility index (Phi) is 8.84. The van der Waals surface area contributed by atoms with Gasteiger partial charge in [0.15, 0.2) is 0 Å².